The third-order valence-electron chi connectivity index (χ3n) is 7.76. The van der Waals surface area contributed by atoms with Crippen molar-refractivity contribution in [3.05, 3.63) is 41.1 Å². The number of nitrogens with two attached hydrogens (primary N) is 1. The number of carboxylic acids is 1. The summed E-state index contributed by atoms with van der Waals surface area (Å²) in [5.41, 5.74) is 4.15. The predicted molar refractivity (Wildman–Crippen MR) is 158 cm³/mol. The zero-order chi connectivity index (χ0) is 33.5. The molecule has 244 valence electrons. The van der Waals surface area contributed by atoms with E-state index in [0.717, 1.165) is 40.4 Å². The Hall–Kier alpha value is -4.53. The van der Waals surface area contributed by atoms with Crippen molar-refractivity contribution in [2.75, 3.05) is 31.7 Å². The molecule has 20 heteroatoms. The van der Waals surface area contributed by atoms with Gasteiger partial charge < -0.3 is 30.9 Å². The van der Waals surface area contributed by atoms with Gasteiger partial charge in [0.05, 0.1) is 0 Å². The number of nitrogens with zero attached hydrogens (tertiary/aromatic N) is 7. The molecular formula is C26H29N9O9S2. The van der Waals surface area contributed by atoms with Crippen LogP contribution in [0.3, 0.4) is 0 Å². The maximum atomic E-state index is 14.4. The van der Waals surface area contributed by atoms with Crippen LogP contribution in [0.25, 0.3) is 0 Å². The number of methoxy groups -OCH3 is 1. The monoisotopic (exact) mass is 675 g/mol. The Bertz CT molecular complexity index is 1650. The zero-order valence-corrected chi connectivity index (χ0v) is 26.3. The van der Waals surface area contributed by atoms with Gasteiger partial charge in [-0.2, -0.15) is 0 Å². The summed E-state index contributed by atoms with van der Waals surface area (Å²) < 4.78 is 7.11. The lowest BCUT2D eigenvalue weighted by Crippen LogP contribution is -2.83. The number of carbonyl (C=O) groups excluding carboxylic acids is 5. The van der Waals surface area contributed by atoms with E-state index in [1.54, 1.807) is 7.05 Å². The number of aryl methyl sites for hydroxylation is 1. The molecule has 0 spiro atoms. The number of ether oxygens (including phenoxy) is 1. The second-order valence-corrected chi connectivity index (χ2v) is 12.3. The minimum absolute atomic E-state index is 0.0682. The van der Waals surface area contributed by atoms with E-state index in [1.807, 2.05) is 0 Å². The highest BCUT2D eigenvalue weighted by Crippen LogP contribution is 2.50. The van der Waals surface area contributed by atoms with Gasteiger partial charge in [0.2, 0.25) is 5.16 Å². The third kappa shape index (κ3) is 5.25. The highest BCUT2D eigenvalue weighted by molar-refractivity contribution is 8.01. The van der Waals surface area contributed by atoms with Crippen LogP contribution in [0.5, 0.6) is 5.75 Å². The van der Waals surface area contributed by atoms with Crippen molar-refractivity contribution in [1.82, 2.24) is 40.2 Å². The fourth-order valence-corrected chi connectivity index (χ4v) is 7.91. The number of likely N-dealkylation sites (N-methyl/N-ethyl adjacent to an activating group) is 1. The molecule has 3 aliphatic rings. The molecule has 2 unspecified atom stereocenters. The average Bonchev–Trinajstić information content (AvgIpc) is 3.46. The van der Waals surface area contributed by atoms with Gasteiger partial charge >= 0.3 is 17.8 Å². The quantitative estimate of drug-likeness (QED) is 0.0922. The molecule has 4 heterocycles. The molecular weight excluding hydrogens is 646 g/mol. The van der Waals surface area contributed by atoms with Crippen LogP contribution in [0.2, 0.25) is 0 Å². The smallest absolute Gasteiger partial charge is 0.352 e. The summed E-state index contributed by atoms with van der Waals surface area (Å²) in [7, 11) is 2.71. The molecule has 0 radical (unpaired) electrons. The van der Waals surface area contributed by atoms with Crippen molar-refractivity contribution in [3.8, 4) is 5.75 Å². The van der Waals surface area contributed by atoms with E-state index < -0.39 is 58.7 Å². The molecule has 1 aromatic heterocycles. The standard InChI is InChI=1S/C26H29N9O9S2/c1-4-33-15(9-28-18(37)21(33)40)19(38)35(20(39)16(27)12-5-7-14(36)8-6-12)26(44-3)23(43)34-17(22(41)42)13(10-45-24(26)34)11-46-25-29-30-31-32(25)2/h5-8,15-16,24,36H,4,9-11,27H2,1-3H3,(H,28,37)(H,41,42)/t15?,16?,24-,26-/m0/s1. The second kappa shape index (κ2) is 12.7. The minimum Gasteiger partial charge on any atom is -0.508 e. The fourth-order valence-electron chi connectivity index (χ4n) is 5.44. The Morgan fingerprint density at radius 3 is 2.54 bits per heavy atom. The number of carboxylic acid groups (broad SMARTS) is 1. The molecule has 0 bridgehead atoms. The first-order chi connectivity index (χ1) is 21.9. The second-order valence-electron chi connectivity index (χ2n) is 10.3. The van der Waals surface area contributed by atoms with E-state index in [0.29, 0.717) is 15.6 Å². The molecule has 1 aromatic carbocycles. The van der Waals surface area contributed by atoms with Crippen molar-refractivity contribution < 1.29 is 43.7 Å². The molecule has 46 heavy (non-hydrogen) atoms. The lowest BCUT2D eigenvalue weighted by atomic mass is 9.93. The predicted octanol–water partition coefficient (Wildman–Crippen LogP) is -1.99. The number of rotatable bonds is 10. The number of imide groups is 1. The Morgan fingerprint density at radius 1 is 1.26 bits per heavy atom. The minimum atomic E-state index is -2.37. The summed E-state index contributed by atoms with van der Waals surface area (Å²) in [4.78, 5) is 82.6. The number of aliphatic carboxylic acids is 1. The zero-order valence-electron chi connectivity index (χ0n) is 24.6. The van der Waals surface area contributed by atoms with Gasteiger partial charge in [0.15, 0.2) is 0 Å². The number of carbonyl (C=O) groups is 6. The Morgan fingerprint density at radius 2 is 1.96 bits per heavy atom. The first-order valence-corrected chi connectivity index (χ1v) is 15.7. The molecule has 2 fully saturated rings. The maximum absolute atomic E-state index is 14.4. The van der Waals surface area contributed by atoms with E-state index in [2.05, 4.69) is 20.8 Å². The van der Waals surface area contributed by atoms with Crippen molar-refractivity contribution in [3.63, 3.8) is 0 Å². The van der Waals surface area contributed by atoms with Crippen LogP contribution < -0.4 is 11.1 Å². The number of fused-ring (bicyclic) bond motifs is 1. The number of nitrogens with one attached hydrogen (secondary N) is 1. The molecule has 2 aromatic rings. The number of β-lactam (4-membered cyclic amide) rings is 1. The largest absolute Gasteiger partial charge is 0.508 e. The highest BCUT2D eigenvalue weighted by Gasteiger charge is 2.72. The Labute approximate surface area is 269 Å². The van der Waals surface area contributed by atoms with Crippen LogP contribution in [0.15, 0.2) is 40.7 Å². The first kappa shape index (κ1) is 32.9. The van der Waals surface area contributed by atoms with Crippen LogP contribution in [-0.4, -0.2) is 129 Å². The number of phenols is 1. The molecule has 0 saturated carbocycles. The van der Waals surface area contributed by atoms with E-state index in [9.17, 15) is 39.0 Å². The van der Waals surface area contributed by atoms with Gasteiger partial charge in [0.25, 0.3) is 23.4 Å². The summed E-state index contributed by atoms with van der Waals surface area (Å²) in [5.74, 6) is -6.50. The van der Waals surface area contributed by atoms with E-state index in [1.165, 1.54) is 35.9 Å². The molecule has 5 amide bonds. The van der Waals surface area contributed by atoms with Crippen LogP contribution in [-0.2, 0) is 40.6 Å². The van der Waals surface area contributed by atoms with Gasteiger partial charge in [-0.15, -0.1) is 16.9 Å². The number of thioether (sulfide) groups is 2. The molecule has 3 aliphatic heterocycles. The third-order valence-corrected chi connectivity index (χ3v) is 10.2. The topological polar surface area (TPSA) is 243 Å². The molecule has 5 rings (SSSR count). The number of tetrazole rings is 1. The van der Waals surface area contributed by atoms with Crippen LogP contribution in [0.4, 0.5) is 0 Å². The van der Waals surface area contributed by atoms with Crippen LogP contribution in [0, 0.1) is 0 Å². The summed E-state index contributed by atoms with van der Waals surface area (Å²) in [6.45, 7) is 1.08. The van der Waals surface area contributed by atoms with Crippen molar-refractivity contribution in [1.29, 1.82) is 0 Å². The summed E-state index contributed by atoms with van der Waals surface area (Å²) >= 11 is 2.22. The number of amides is 5. The number of hydrogen-bond donors (Lipinski definition) is 4. The number of aromatic hydroxyl groups is 1. The van der Waals surface area contributed by atoms with Gasteiger partial charge in [-0.3, -0.25) is 28.9 Å². The number of benzene rings is 1. The lowest BCUT2D eigenvalue weighted by molar-refractivity contribution is -0.225. The highest BCUT2D eigenvalue weighted by atomic mass is 32.2. The first-order valence-electron chi connectivity index (χ1n) is 13.7. The van der Waals surface area contributed by atoms with Crippen LogP contribution >= 0.6 is 23.5 Å². The number of piperazine rings is 1. The molecule has 4 atom stereocenters. The SMILES string of the molecule is CCN1C(=O)C(=O)NCC1C(=O)N(C(=O)C(N)c1ccc(O)cc1)[C@]1(OC)C(=O)N2C(C(=O)O)=C(CSc3nnnn3C)CS[C@H]21. The number of aromatic nitrogens is 4. The average molecular weight is 676 g/mol. The maximum Gasteiger partial charge on any atom is 0.352 e. The summed E-state index contributed by atoms with van der Waals surface area (Å²) in [6, 6.07) is 2.29. The van der Waals surface area contributed by atoms with E-state index >= 15 is 0 Å². The van der Waals surface area contributed by atoms with Gasteiger partial charge in [-0.05, 0) is 40.6 Å². The summed E-state index contributed by atoms with van der Waals surface area (Å²) in [5, 5.41) is 32.6. The van der Waals surface area contributed by atoms with Gasteiger partial charge in [0.1, 0.15) is 28.9 Å². The van der Waals surface area contributed by atoms with Gasteiger partial charge in [-0.1, -0.05) is 23.9 Å². The molecule has 2 saturated heterocycles. The van der Waals surface area contributed by atoms with Crippen molar-refractivity contribution in [2.24, 2.45) is 12.8 Å². The Balaban J connectivity index is 1.56. The normalized spacial score (nSPS) is 23.4. The molecule has 5 N–H and O–H groups in total. The number of hydrogen-bond acceptors (Lipinski definition) is 14. The Kier molecular flexibility index (Phi) is 9.07. The van der Waals surface area contributed by atoms with Crippen molar-refractivity contribution >= 4 is 59.0 Å². The number of phenolic OH excluding ortho intramolecular Hbond substituents is 1. The van der Waals surface area contributed by atoms with Crippen molar-refractivity contribution in [2.45, 2.75) is 35.3 Å². The van der Waals surface area contributed by atoms with Gasteiger partial charge in [-0.25, -0.2) is 14.4 Å². The fraction of sp³-hybridized carbons (Fsp3) is 0.423. The van der Waals surface area contributed by atoms with Crippen LogP contribution in [0.1, 0.15) is 18.5 Å². The molecule has 0 aliphatic carbocycles. The lowest BCUT2D eigenvalue weighted by Gasteiger charge is -2.59. The molecule has 18 nitrogen and oxygen atoms in total. The van der Waals surface area contributed by atoms with Gasteiger partial charge in [0, 0.05) is 38.8 Å². The van der Waals surface area contributed by atoms with E-state index in [4.69, 9.17) is 10.5 Å². The van der Waals surface area contributed by atoms with E-state index in [-0.39, 0.29) is 41.6 Å². The summed E-state index contributed by atoms with van der Waals surface area (Å²) in [6.07, 6.45) is 0.